The van der Waals surface area contributed by atoms with Crippen molar-refractivity contribution in [2.24, 2.45) is 0 Å². The quantitative estimate of drug-likeness (QED) is 0.700. The summed E-state index contributed by atoms with van der Waals surface area (Å²) in [6.45, 7) is 3.55. The molecule has 24 heavy (non-hydrogen) atoms. The first-order valence-corrected chi connectivity index (χ1v) is 8.32. The van der Waals surface area contributed by atoms with E-state index < -0.39 is 0 Å². The van der Waals surface area contributed by atoms with Crippen molar-refractivity contribution in [3.05, 3.63) is 95.3 Å². The molecule has 1 aliphatic rings. The third-order valence-electron chi connectivity index (χ3n) is 4.79. The third-order valence-corrected chi connectivity index (χ3v) is 4.79. The average Bonchev–Trinajstić information content (AvgIpc) is 3.10. The number of nitrogens with zero attached hydrogens (tertiary/aromatic N) is 2. The molecule has 0 spiro atoms. The maximum atomic E-state index is 13.3. The van der Waals surface area contributed by atoms with Gasteiger partial charge in [-0.3, -0.25) is 4.79 Å². The van der Waals surface area contributed by atoms with E-state index in [-0.39, 0.29) is 11.9 Å². The van der Waals surface area contributed by atoms with Crippen LogP contribution in [0.4, 0.5) is 0 Å². The van der Waals surface area contributed by atoms with Crippen molar-refractivity contribution >= 4 is 5.91 Å². The van der Waals surface area contributed by atoms with E-state index in [4.69, 9.17) is 0 Å². The Morgan fingerprint density at radius 2 is 1.67 bits per heavy atom. The zero-order valence-corrected chi connectivity index (χ0v) is 13.7. The fourth-order valence-corrected chi connectivity index (χ4v) is 3.56. The van der Waals surface area contributed by atoms with Crippen LogP contribution in [0.3, 0.4) is 0 Å². The van der Waals surface area contributed by atoms with Gasteiger partial charge < -0.3 is 9.47 Å². The summed E-state index contributed by atoms with van der Waals surface area (Å²) >= 11 is 0. The van der Waals surface area contributed by atoms with Crippen LogP contribution in [-0.4, -0.2) is 21.9 Å². The lowest BCUT2D eigenvalue weighted by Crippen LogP contribution is -2.42. The van der Waals surface area contributed by atoms with E-state index in [1.54, 1.807) is 0 Å². The van der Waals surface area contributed by atoms with Gasteiger partial charge in [-0.05, 0) is 36.2 Å². The van der Waals surface area contributed by atoms with Crippen molar-refractivity contribution in [1.29, 1.82) is 0 Å². The fraction of sp³-hybridized carbons (Fsp3) is 0.190. The van der Waals surface area contributed by atoms with Gasteiger partial charge in [-0.15, -0.1) is 0 Å². The first-order valence-electron chi connectivity index (χ1n) is 8.32. The Bertz CT molecular complexity index is 866. The van der Waals surface area contributed by atoms with Gasteiger partial charge in [0, 0.05) is 30.5 Å². The molecule has 0 radical (unpaired) electrons. The topological polar surface area (TPSA) is 25.2 Å². The number of aromatic nitrogens is 1. The lowest BCUT2D eigenvalue weighted by molar-refractivity contribution is 0.0663. The van der Waals surface area contributed by atoms with Crippen LogP contribution in [0.2, 0.25) is 0 Å². The summed E-state index contributed by atoms with van der Waals surface area (Å²) in [7, 11) is 0. The highest BCUT2D eigenvalue weighted by molar-refractivity contribution is 5.96. The maximum Gasteiger partial charge on any atom is 0.255 e. The second-order valence-electron chi connectivity index (χ2n) is 6.25. The molecule has 2 heterocycles. The van der Waals surface area contributed by atoms with Crippen molar-refractivity contribution in [2.45, 2.75) is 19.5 Å². The first-order chi connectivity index (χ1) is 11.8. The van der Waals surface area contributed by atoms with Gasteiger partial charge in [-0.2, -0.15) is 0 Å². The zero-order valence-electron chi connectivity index (χ0n) is 13.7. The largest absolute Gasteiger partial charge is 0.348 e. The van der Waals surface area contributed by atoms with Crippen molar-refractivity contribution < 1.29 is 4.79 Å². The molecule has 0 saturated carbocycles. The predicted molar refractivity (Wildman–Crippen MR) is 94.9 cm³/mol. The van der Waals surface area contributed by atoms with Crippen molar-refractivity contribution in [3.63, 3.8) is 0 Å². The maximum absolute atomic E-state index is 13.3. The molecular formula is C21H20N2O. The number of hydrogen-bond donors (Lipinski definition) is 0. The highest BCUT2D eigenvalue weighted by Gasteiger charge is 2.32. The van der Waals surface area contributed by atoms with Crippen molar-refractivity contribution in [1.82, 2.24) is 9.47 Å². The highest BCUT2D eigenvalue weighted by atomic mass is 16.2. The monoisotopic (exact) mass is 316 g/mol. The molecule has 1 aliphatic heterocycles. The standard InChI is InChI=1S/C21H20N2O/c1-16-8-5-6-11-18(16)21(24)23-15-14-22-13-7-12-19(22)20(23)17-9-3-2-4-10-17/h2-13,20H,14-15H2,1H3. The van der Waals surface area contributed by atoms with E-state index in [1.165, 1.54) is 5.69 Å². The number of carbonyl (C=O) groups is 1. The lowest BCUT2D eigenvalue weighted by atomic mass is 9.98. The van der Waals surface area contributed by atoms with Crippen LogP contribution in [0, 0.1) is 6.92 Å². The molecule has 1 atom stereocenters. The summed E-state index contributed by atoms with van der Waals surface area (Å²) in [6.07, 6.45) is 2.10. The molecule has 0 aliphatic carbocycles. The van der Waals surface area contributed by atoms with Gasteiger partial charge in [0.05, 0.1) is 6.04 Å². The average molecular weight is 316 g/mol. The van der Waals surface area contributed by atoms with Crippen LogP contribution in [-0.2, 0) is 6.54 Å². The summed E-state index contributed by atoms with van der Waals surface area (Å²) in [5.74, 6) is 0.106. The second kappa shape index (κ2) is 6.00. The number of carbonyl (C=O) groups excluding carboxylic acids is 1. The van der Waals surface area contributed by atoms with Gasteiger partial charge in [-0.1, -0.05) is 48.5 Å². The number of amides is 1. The number of benzene rings is 2. The SMILES string of the molecule is Cc1ccccc1C(=O)N1CCn2cccc2C1c1ccccc1. The molecule has 0 bridgehead atoms. The number of fused-ring (bicyclic) bond motifs is 1. The lowest BCUT2D eigenvalue weighted by Gasteiger charge is -2.37. The number of rotatable bonds is 2. The van der Waals surface area contributed by atoms with Crippen molar-refractivity contribution in [3.8, 4) is 0 Å². The van der Waals surface area contributed by atoms with Crippen LogP contribution in [0.1, 0.15) is 33.2 Å². The van der Waals surface area contributed by atoms with Gasteiger partial charge in [0.1, 0.15) is 0 Å². The molecule has 3 nitrogen and oxygen atoms in total. The van der Waals surface area contributed by atoms with E-state index in [0.29, 0.717) is 6.54 Å². The Morgan fingerprint density at radius 3 is 2.46 bits per heavy atom. The van der Waals surface area contributed by atoms with E-state index in [2.05, 4.69) is 35.0 Å². The van der Waals surface area contributed by atoms with E-state index >= 15 is 0 Å². The summed E-state index contributed by atoms with van der Waals surface area (Å²) in [4.78, 5) is 15.3. The molecule has 0 fully saturated rings. The predicted octanol–water partition coefficient (Wildman–Crippen LogP) is 4.04. The van der Waals surface area contributed by atoms with Crippen LogP contribution in [0.15, 0.2) is 72.9 Å². The third kappa shape index (κ3) is 2.42. The molecule has 0 saturated heterocycles. The fourth-order valence-electron chi connectivity index (χ4n) is 3.56. The van der Waals surface area contributed by atoms with E-state index in [0.717, 1.165) is 23.2 Å². The Labute approximate surface area is 142 Å². The van der Waals surface area contributed by atoms with Gasteiger partial charge in [0.25, 0.3) is 5.91 Å². The Morgan fingerprint density at radius 1 is 0.917 bits per heavy atom. The van der Waals surface area contributed by atoms with Gasteiger partial charge in [-0.25, -0.2) is 0 Å². The second-order valence-corrected chi connectivity index (χ2v) is 6.25. The minimum absolute atomic E-state index is 0.0398. The summed E-state index contributed by atoms with van der Waals surface area (Å²) < 4.78 is 2.25. The molecule has 0 N–H and O–H groups in total. The molecule has 3 aromatic rings. The Hall–Kier alpha value is -2.81. The number of aryl methyl sites for hydroxylation is 1. The minimum atomic E-state index is -0.0398. The minimum Gasteiger partial charge on any atom is -0.348 e. The zero-order chi connectivity index (χ0) is 16.5. The summed E-state index contributed by atoms with van der Waals surface area (Å²) in [6, 6.07) is 22.3. The van der Waals surface area contributed by atoms with Crippen LogP contribution in [0.5, 0.6) is 0 Å². The van der Waals surface area contributed by atoms with Crippen LogP contribution >= 0.6 is 0 Å². The molecule has 3 heteroatoms. The van der Waals surface area contributed by atoms with E-state index in [1.807, 2.05) is 54.3 Å². The molecule has 1 aromatic heterocycles. The van der Waals surface area contributed by atoms with Crippen molar-refractivity contribution in [2.75, 3.05) is 6.54 Å². The van der Waals surface area contributed by atoms with Crippen LogP contribution < -0.4 is 0 Å². The smallest absolute Gasteiger partial charge is 0.255 e. The van der Waals surface area contributed by atoms with E-state index in [9.17, 15) is 4.79 Å². The molecule has 2 aromatic carbocycles. The molecule has 1 unspecified atom stereocenters. The first kappa shape index (κ1) is 14.8. The Kier molecular flexibility index (Phi) is 3.69. The summed E-state index contributed by atoms with van der Waals surface area (Å²) in [5, 5.41) is 0. The molecule has 120 valence electrons. The normalized spacial score (nSPS) is 16.7. The highest BCUT2D eigenvalue weighted by Crippen LogP contribution is 2.33. The van der Waals surface area contributed by atoms with Gasteiger partial charge >= 0.3 is 0 Å². The number of hydrogen-bond acceptors (Lipinski definition) is 1. The van der Waals surface area contributed by atoms with Gasteiger partial charge in [0.15, 0.2) is 0 Å². The summed E-state index contributed by atoms with van der Waals surface area (Å²) in [5.41, 5.74) is 4.14. The van der Waals surface area contributed by atoms with Crippen LogP contribution in [0.25, 0.3) is 0 Å². The molecule has 4 rings (SSSR count). The van der Waals surface area contributed by atoms with Gasteiger partial charge in [0.2, 0.25) is 0 Å². The molecular weight excluding hydrogens is 296 g/mol. The Balaban J connectivity index is 1.80. The molecule has 1 amide bonds.